The van der Waals surface area contributed by atoms with Gasteiger partial charge in [0.15, 0.2) is 0 Å². The summed E-state index contributed by atoms with van der Waals surface area (Å²) in [5.41, 5.74) is 0. The molecule has 3 N–H and O–H groups in total. The summed E-state index contributed by atoms with van der Waals surface area (Å²) in [6.07, 6.45) is 3.28. The minimum Gasteiger partial charge on any atom is -0.481 e. The van der Waals surface area contributed by atoms with Gasteiger partial charge in [0.2, 0.25) is 0 Å². The van der Waals surface area contributed by atoms with Gasteiger partial charge in [0.1, 0.15) is 6.04 Å². The van der Waals surface area contributed by atoms with Crippen LogP contribution in [-0.4, -0.2) is 52.2 Å². The lowest BCUT2D eigenvalue weighted by Gasteiger charge is -2.23. The minimum absolute atomic E-state index is 0.495. The normalized spacial score (nSPS) is 17.7. The summed E-state index contributed by atoms with van der Waals surface area (Å²) in [7, 11) is 0. The number of aliphatic carboxylic acids is 2. The first-order chi connectivity index (χ1) is 8.50. The van der Waals surface area contributed by atoms with Gasteiger partial charge in [0.25, 0.3) is 0 Å². The second kappa shape index (κ2) is 6.83. The standard InChI is InChI=1S/C11H18N2O5/c14-9(15)7-8(10(16)17)12-11(18)13-5-3-1-2-4-6-13/h8H,1-7H2,(H,12,18)(H,14,15)(H,16,17)/t8-/m0/s1. The number of carbonyl (C=O) groups excluding carboxylic acids is 1. The van der Waals surface area contributed by atoms with Crippen molar-refractivity contribution >= 4 is 18.0 Å². The lowest BCUT2D eigenvalue weighted by molar-refractivity contribution is -0.145. The molecule has 1 aliphatic rings. The van der Waals surface area contributed by atoms with Crippen molar-refractivity contribution < 1.29 is 24.6 Å². The highest BCUT2D eigenvalue weighted by molar-refractivity contribution is 5.86. The topological polar surface area (TPSA) is 107 Å². The van der Waals surface area contributed by atoms with Gasteiger partial charge < -0.3 is 20.4 Å². The Bertz CT molecular complexity index is 323. The number of urea groups is 1. The molecule has 0 radical (unpaired) electrons. The van der Waals surface area contributed by atoms with E-state index in [1.165, 1.54) is 0 Å². The summed E-state index contributed by atoms with van der Waals surface area (Å²) in [6, 6.07) is -1.87. The number of carboxylic acids is 2. The summed E-state index contributed by atoms with van der Waals surface area (Å²) in [4.78, 5) is 34.7. The number of nitrogens with zero attached hydrogens (tertiary/aromatic N) is 1. The highest BCUT2D eigenvalue weighted by Gasteiger charge is 2.25. The number of likely N-dealkylation sites (tertiary alicyclic amines) is 1. The van der Waals surface area contributed by atoms with Gasteiger partial charge in [0, 0.05) is 13.1 Å². The third-order valence-corrected chi connectivity index (χ3v) is 2.87. The predicted molar refractivity (Wildman–Crippen MR) is 62.2 cm³/mol. The van der Waals surface area contributed by atoms with Gasteiger partial charge in [-0.25, -0.2) is 9.59 Å². The lowest BCUT2D eigenvalue weighted by Crippen LogP contribution is -2.49. The molecule has 0 bridgehead atoms. The highest BCUT2D eigenvalue weighted by Crippen LogP contribution is 2.10. The molecule has 0 aromatic heterocycles. The number of nitrogens with one attached hydrogen (secondary N) is 1. The number of rotatable bonds is 4. The van der Waals surface area contributed by atoms with E-state index in [-0.39, 0.29) is 0 Å². The zero-order chi connectivity index (χ0) is 13.5. The van der Waals surface area contributed by atoms with Crippen LogP contribution in [0, 0.1) is 0 Å². The van der Waals surface area contributed by atoms with E-state index >= 15 is 0 Å². The van der Waals surface area contributed by atoms with Crippen LogP contribution in [0.4, 0.5) is 4.79 Å². The Kier molecular flexibility index (Phi) is 5.41. The van der Waals surface area contributed by atoms with E-state index in [9.17, 15) is 14.4 Å². The summed E-state index contributed by atoms with van der Waals surface area (Å²) in [6.45, 7) is 1.18. The molecule has 102 valence electrons. The van der Waals surface area contributed by atoms with Crippen LogP contribution in [0.5, 0.6) is 0 Å². The van der Waals surface area contributed by atoms with Gasteiger partial charge in [-0.2, -0.15) is 0 Å². The molecule has 1 fully saturated rings. The average Bonchev–Trinajstić information content (AvgIpc) is 2.55. The Morgan fingerprint density at radius 3 is 2.06 bits per heavy atom. The summed E-state index contributed by atoms with van der Waals surface area (Å²) < 4.78 is 0. The average molecular weight is 258 g/mol. The van der Waals surface area contributed by atoms with Crippen LogP contribution in [0.1, 0.15) is 32.1 Å². The van der Waals surface area contributed by atoms with Gasteiger partial charge in [-0.15, -0.1) is 0 Å². The molecule has 0 spiro atoms. The number of amides is 2. The van der Waals surface area contributed by atoms with E-state index in [1.54, 1.807) is 4.90 Å². The summed E-state index contributed by atoms with van der Waals surface area (Å²) in [5.74, 6) is -2.58. The van der Waals surface area contributed by atoms with Gasteiger partial charge in [0.05, 0.1) is 6.42 Å². The van der Waals surface area contributed by atoms with Crippen molar-refractivity contribution in [2.75, 3.05) is 13.1 Å². The molecule has 7 nitrogen and oxygen atoms in total. The zero-order valence-corrected chi connectivity index (χ0v) is 10.1. The number of carbonyl (C=O) groups is 3. The monoisotopic (exact) mass is 258 g/mol. The fraction of sp³-hybridized carbons (Fsp3) is 0.727. The number of hydrogen-bond donors (Lipinski definition) is 3. The van der Waals surface area contributed by atoms with E-state index in [1.807, 2.05) is 0 Å². The van der Waals surface area contributed by atoms with Gasteiger partial charge in [-0.05, 0) is 12.8 Å². The highest BCUT2D eigenvalue weighted by atomic mass is 16.4. The van der Waals surface area contributed by atoms with E-state index in [0.717, 1.165) is 25.7 Å². The summed E-state index contributed by atoms with van der Waals surface area (Å²) >= 11 is 0. The Hall–Kier alpha value is -1.79. The number of carboxylic acid groups (broad SMARTS) is 2. The molecule has 18 heavy (non-hydrogen) atoms. The molecular weight excluding hydrogens is 240 g/mol. The van der Waals surface area contributed by atoms with Crippen molar-refractivity contribution in [3.8, 4) is 0 Å². The molecule has 0 aromatic rings. The van der Waals surface area contributed by atoms with Crippen LogP contribution in [0.25, 0.3) is 0 Å². The predicted octanol–water partition coefficient (Wildman–Crippen LogP) is 0.500. The lowest BCUT2D eigenvalue weighted by atomic mass is 10.2. The first-order valence-electron chi connectivity index (χ1n) is 6.00. The van der Waals surface area contributed by atoms with Gasteiger partial charge in [-0.1, -0.05) is 12.8 Å². The Labute approximate surface area is 105 Å². The van der Waals surface area contributed by atoms with Crippen LogP contribution < -0.4 is 5.32 Å². The molecule has 2 amide bonds. The van der Waals surface area contributed by atoms with Gasteiger partial charge in [-0.3, -0.25) is 4.79 Å². The molecule has 0 aromatic carbocycles. The second-order valence-electron chi connectivity index (χ2n) is 4.34. The van der Waals surface area contributed by atoms with E-state index in [0.29, 0.717) is 13.1 Å². The van der Waals surface area contributed by atoms with Crippen LogP contribution in [0.15, 0.2) is 0 Å². The fourth-order valence-electron chi connectivity index (χ4n) is 1.89. The fourth-order valence-corrected chi connectivity index (χ4v) is 1.89. The van der Waals surface area contributed by atoms with E-state index in [2.05, 4.69) is 5.32 Å². The largest absolute Gasteiger partial charge is 0.481 e. The van der Waals surface area contributed by atoms with E-state index < -0.39 is 30.4 Å². The van der Waals surface area contributed by atoms with Gasteiger partial charge >= 0.3 is 18.0 Å². The maximum Gasteiger partial charge on any atom is 0.326 e. The molecule has 0 unspecified atom stereocenters. The summed E-state index contributed by atoms with van der Waals surface area (Å²) in [5, 5.41) is 19.7. The molecule has 1 saturated heterocycles. The maximum absolute atomic E-state index is 11.8. The van der Waals surface area contributed by atoms with Crippen molar-refractivity contribution in [3.63, 3.8) is 0 Å². The Morgan fingerprint density at radius 2 is 1.61 bits per heavy atom. The molecule has 7 heteroatoms. The zero-order valence-electron chi connectivity index (χ0n) is 10.1. The molecule has 1 atom stereocenters. The third kappa shape index (κ3) is 4.60. The minimum atomic E-state index is -1.38. The molecule has 1 rings (SSSR count). The van der Waals surface area contributed by atoms with E-state index in [4.69, 9.17) is 10.2 Å². The van der Waals surface area contributed by atoms with Crippen LogP contribution in [0.2, 0.25) is 0 Å². The second-order valence-corrected chi connectivity index (χ2v) is 4.34. The van der Waals surface area contributed by atoms with Crippen molar-refractivity contribution in [2.24, 2.45) is 0 Å². The molecular formula is C11H18N2O5. The van der Waals surface area contributed by atoms with Crippen LogP contribution >= 0.6 is 0 Å². The van der Waals surface area contributed by atoms with Crippen LogP contribution in [0.3, 0.4) is 0 Å². The van der Waals surface area contributed by atoms with Crippen molar-refractivity contribution in [1.29, 1.82) is 0 Å². The third-order valence-electron chi connectivity index (χ3n) is 2.87. The number of hydrogen-bond acceptors (Lipinski definition) is 3. The van der Waals surface area contributed by atoms with Crippen molar-refractivity contribution in [3.05, 3.63) is 0 Å². The molecule has 1 aliphatic heterocycles. The Morgan fingerprint density at radius 1 is 1.06 bits per heavy atom. The molecule has 0 aliphatic carbocycles. The molecule has 0 saturated carbocycles. The quantitative estimate of drug-likeness (QED) is 0.680. The smallest absolute Gasteiger partial charge is 0.326 e. The van der Waals surface area contributed by atoms with Crippen molar-refractivity contribution in [2.45, 2.75) is 38.1 Å². The Balaban J connectivity index is 2.53. The maximum atomic E-state index is 11.8. The first kappa shape index (κ1) is 14.3. The SMILES string of the molecule is O=C(O)C[C@H](NC(=O)N1CCCCCC1)C(=O)O. The van der Waals surface area contributed by atoms with Crippen LogP contribution in [-0.2, 0) is 9.59 Å². The van der Waals surface area contributed by atoms with Crippen molar-refractivity contribution in [1.82, 2.24) is 10.2 Å². The molecule has 1 heterocycles. The first-order valence-corrected chi connectivity index (χ1v) is 6.00.